The van der Waals surface area contributed by atoms with E-state index in [0.29, 0.717) is 37.2 Å². The average Bonchev–Trinajstić information content (AvgIpc) is 3.19. The molecule has 132 valence electrons. The van der Waals surface area contributed by atoms with Crippen LogP contribution in [0.25, 0.3) is 0 Å². The monoisotopic (exact) mass is 335 g/mol. The van der Waals surface area contributed by atoms with E-state index in [9.17, 15) is 4.39 Å². The van der Waals surface area contributed by atoms with Crippen LogP contribution in [0.2, 0.25) is 0 Å². The summed E-state index contributed by atoms with van der Waals surface area (Å²) in [5, 5.41) is 6.78. The molecule has 24 heavy (non-hydrogen) atoms. The maximum absolute atomic E-state index is 12.8. The number of nitrogens with one attached hydrogen (secondary N) is 2. The van der Waals surface area contributed by atoms with Crippen LogP contribution in [0.15, 0.2) is 29.3 Å². The van der Waals surface area contributed by atoms with Crippen LogP contribution in [0.3, 0.4) is 0 Å². The summed E-state index contributed by atoms with van der Waals surface area (Å²) < 4.78 is 24.3. The van der Waals surface area contributed by atoms with E-state index in [2.05, 4.69) is 22.5 Å². The van der Waals surface area contributed by atoms with Crippen LogP contribution in [-0.4, -0.2) is 43.9 Å². The van der Waals surface area contributed by atoms with Gasteiger partial charge in [0.15, 0.2) is 5.96 Å². The highest BCUT2D eigenvalue weighted by molar-refractivity contribution is 5.80. The van der Waals surface area contributed by atoms with Gasteiger partial charge in [0.1, 0.15) is 11.6 Å². The molecular weight excluding hydrogens is 309 g/mol. The normalized spacial score (nSPS) is 25.8. The zero-order valence-corrected chi connectivity index (χ0v) is 14.1. The van der Waals surface area contributed by atoms with Crippen molar-refractivity contribution in [3.05, 3.63) is 30.1 Å². The molecule has 3 rings (SSSR count). The van der Waals surface area contributed by atoms with E-state index in [0.717, 1.165) is 31.8 Å². The summed E-state index contributed by atoms with van der Waals surface area (Å²) in [5.74, 6) is 1.28. The lowest BCUT2D eigenvalue weighted by Gasteiger charge is -2.22. The van der Waals surface area contributed by atoms with Crippen LogP contribution >= 0.6 is 0 Å². The molecule has 0 amide bonds. The smallest absolute Gasteiger partial charge is 0.191 e. The van der Waals surface area contributed by atoms with Gasteiger partial charge in [-0.05, 0) is 50.5 Å². The van der Waals surface area contributed by atoms with Crippen molar-refractivity contribution in [3.8, 4) is 5.75 Å². The molecule has 2 saturated heterocycles. The van der Waals surface area contributed by atoms with Crippen LogP contribution in [0.5, 0.6) is 5.75 Å². The van der Waals surface area contributed by atoms with Crippen molar-refractivity contribution in [2.75, 3.05) is 19.7 Å². The molecule has 1 aromatic rings. The van der Waals surface area contributed by atoms with Gasteiger partial charge in [-0.1, -0.05) is 0 Å². The van der Waals surface area contributed by atoms with Gasteiger partial charge < -0.3 is 20.1 Å². The Kier molecular flexibility index (Phi) is 5.91. The molecule has 2 heterocycles. The summed E-state index contributed by atoms with van der Waals surface area (Å²) in [6, 6.07) is 6.45. The summed E-state index contributed by atoms with van der Waals surface area (Å²) in [7, 11) is 0. The molecule has 0 aromatic heterocycles. The number of ether oxygens (including phenoxy) is 2. The second-order valence-corrected chi connectivity index (χ2v) is 6.28. The molecule has 0 aliphatic carbocycles. The molecule has 0 saturated carbocycles. The third-order valence-electron chi connectivity index (χ3n) is 4.43. The highest BCUT2D eigenvalue weighted by Crippen LogP contribution is 2.34. The standard InChI is InChI=1S/C18H26FN3O2/c1-2-20-18(22-16-12-15-8-9-17(16)24-15)21-10-3-11-23-14-6-4-13(19)5-7-14/h4-7,15-17H,2-3,8-12H2,1H3,(H2,20,21,22). The van der Waals surface area contributed by atoms with Gasteiger partial charge in [0.25, 0.3) is 0 Å². The van der Waals surface area contributed by atoms with E-state index in [-0.39, 0.29) is 5.82 Å². The number of nitrogens with zero attached hydrogens (tertiary/aromatic N) is 1. The summed E-state index contributed by atoms with van der Waals surface area (Å²) in [6.07, 6.45) is 4.98. The predicted octanol–water partition coefficient (Wildman–Crippen LogP) is 2.47. The zero-order chi connectivity index (χ0) is 16.8. The lowest BCUT2D eigenvalue weighted by Crippen LogP contribution is -2.47. The fourth-order valence-electron chi connectivity index (χ4n) is 3.26. The van der Waals surface area contributed by atoms with Crippen molar-refractivity contribution in [1.29, 1.82) is 0 Å². The quantitative estimate of drug-likeness (QED) is 0.457. The predicted molar refractivity (Wildman–Crippen MR) is 91.9 cm³/mol. The van der Waals surface area contributed by atoms with Crippen LogP contribution in [-0.2, 0) is 4.74 Å². The molecule has 3 atom stereocenters. The van der Waals surface area contributed by atoms with Crippen molar-refractivity contribution >= 4 is 5.96 Å². The minimum Gasteiger partial charge on any atom is -0.494 e. The summed E-state index contributed by atoms with van der Waals surface area (Å²) in [4.78, 5) is 4.60. The fourth-order valence-corrected chi connectivity index (χ4v) is 3.26. The SMILES string of the molecule is CCNC(=NCCCOc1ccc(F)cc1)NC1CC2CCC1O2. The van der Waals surface area contributed by atoms with Gasteiger partial charge in [0.05, 0.1) is 24.9 Å². The molecule has 2 fully saturated rings. The Hall–Kier alpha value is -1.82. The molecule has 2 N–H and O–H groups in total. The first kappa shape index (κ1) is 17.0. The van der Waals surface area contributed by atoms with Gasteiger partial charge in [-0.2, -0.15) is 0 Å². The zero-order valence-electron chi connectivity index (χ0n) is 14.1. The molecular formula is C18H26FN3O2. The molecule has 6 heteroatoms. The van der Waals surface area contributed by atoms with E-state index in [4.69, 9.17) is 9.47 Å². The van der Waals surface area contributed by atoms with Gasteiger partial charge >= 0.3 is 0 Å². The largest absolute Gasteiger partial charge is 0.494 e. The Morgan fingerprint density at radius 3 is 2.83 bits per heavy atom. The molecule has 0 radical (unpaired) electrons. The number of rotatable bonds is 7. The number of guanidine groups is 1. The van der Waals surface area contributed by atoms with Crippen molar-refractivity contribution in [2.24, 2.45) is 4.99 Å². The van der Waals surface area contributed by atoms with Gasteiger partial charge in [-0.3, -0.25) is 4.99 Å². The maximum Gasteiger partial charge on any atom is 0.191 e. The first-order chi connectivity index (χ1) is 11.7. The Morgan fingerprint density at radius 2 is 2.17 bits per heavy atom. The molecule has 2 aliphatic heterocycles. The van der Waals surface area contributed by atoms with E-state index in [1.54, 1.807) is 12.1 Å². The van der Waals surface area contributed by atoms with Gasteiger partial charge in [0.2, 0.25) is 0 Å². The third kappa shape index (κ3) is 4.60. The highest BCUT2D eigenvalue weighted by Gasteiger charge is 2.41. The van der Waals surface area contributed by atoms with Crippen LogP contribution < -0.4 is 15.4 Å². The van der Waals surface area contributed by atoms with Crippen molar-refractivity contribution < 1.29 is 13.9 Å². The molecule has 0 spiro atoms. The second kappa shape index (κ2) is 8.33. The highest BCUT2D eigenvalue weighted by atomic mass is 19.1. The second-order valence-electron chi connectivity index (χ2n) is 6.28. The number of hydrogen-bond acceptors (Lipinski definition) is 3. The van der Waals surface area contributed by atoms with E-state index in [1.807, 2.05) is 0 Å². The number of halogens is 1. The average molecular weight is 335 g/mol. The first-order valence-electron chi connectivity index (χ1n) is 8.83. The molecule has 5 nitrogen and oxygen atoms in total. The van der Waals surface area contributed by atoms with Crippen LogP contribution in [0.1, 0.15) is 32.6 Å². The lowest BCUT2D eigenvalue weighted by atomic mass is 9.96. The van der Waals surface area contributed by atoms with Gasteiger partial charge in [-0.15, -0.1) is 0 Å². The van der Waals surface area contributed by atoms with Crippen LogP contribution in [0, 0.1) is 5.82 Å². The minimum absolute atomic E-state index is 0.252. The lowest BCUT2D eigenvalue weighted by molar-refractivity contribution is 0.0992. The van der Waals surface area contributed by atoms with Crippen LogP contribution in [0.4, 0.5) is 4.39 Å². The Balaban J connectivity index is 1.39. The number of aliphatic imine (C=N–C) groups is 1. The van der Waals surface area contributed by atoms with E-state index >= 15 is 0 Å². The number of fused-ring (bicyclic) bond motifs is 2. The Labute approximate surface area is 142 Å². The summed E-state index contributed by atoms with van der Waals surface area (Å²) in [6.45, 7) is 4.13. The number of hydrogen-bond donors (Lipinski definition) is 2. The Morgan fingerprint density at radius 1 is 1.33 bits per heavy atom. The summed E-state index contributed by atoms with van der Waals surface area (Å²) >= 11 is 0. The minimum atomic E-state index is -0.252. The van der Waals surface area contributed by atoms with E-state index < -0.39 is 0 Å². The molecule has 1 aromatic carbocycles. The first-order valence-corrected chi connectivity index (χ1v) is 8.83. The Bertz CT molecular complexity index is 550. The summed E-state index contributed by atoms with van der Waals surface area (Å²) in [5.41, 5.74) is 0. The third-order valence-corrected chi connectivity index (χ3v) is 4.43. The molecule has 3 unspecified atom stereocenters. The van der Waals surface area contributed by atoms with Crippen molar-refractivity contribution in [1.82, 2.24) is 10.6 Å². The topological polar surface area (TPSA) is 54.9 Å². The fraction of sp³-hybridized carbons (Fsp3) is 0.611. The van der Waals surface area contributed by atoms with E-state index in [1.165, 1.54) is 18.6 Å². The van der Waals surface area contributed by atoms with Gasteiger partial charge in [0, 0.05) is 19.5 Å². The maximum atomic E-state index is 12.8. The van der Waals surface area contributed by atoms with Crippen molar-refractivity contribution in [3.63, 3.8) is 0 Å². The van der Waals surface area contributed by atoms with Gasteiger partial charge in [-0.25, -0.2) is 4.39 Å². The molecule has 2 aliphatic rings. The van der Waals surface area contributed by atoms with Crippen molar-refractivity contribution in [2.45, 2.75) is 50.9 Å². The molecule has 2 bridgehead atoms. The number of benzene rings is 1.